The molecule has 1 aromatic carbocycles. The normalized spacial score (nSPS) is 26.4. The molecule has 1 atom stereocenters. The molecule has 130 valence electrons. The molecule has 2 amide bonds. The molecular formula is C17H22N2O4S. The number of amides is 2. The van der Waals surface area contributed by atoms with Crippen molar-refractivity contribution in [3.8, 4) is 0 Å². The quantitative estimate of drug-likeness (QED) is 0.896. The van der Waals surface area contributed by atoms with Crippen molar-refractivity contribution in [1.82, 2.24) is 5.32 Å². The Bertz CT molecular complexity index is 757. The number of carbonyl (C=O) groups is 2. The van der Waals surface area contributed by atoms with E-state index in [9.17, 15) is 18.0 Å². The van der Waals surface area contributed by atoms with Gasteiger partial charge in [0.05, 0.1) is 17.0 Å². The molecule has 2 aliphatic rings. The Morgan fingerprint density at radius 3 is 2.50 bits per heavy atom. The van der Waals surface area contributed by atoms with Crippen molar-refractivity contribution >= 4 is 27.3 Å². The standard InChI is InChI=1S/C17H22N2O4S/c1-17(9-11-24(22,23)12-17)18-16(21)13-5-7-14(8-6-13)19-10-3-2-4-15(19)20/h5-8H,2-4,9-12H2,1H3,(H,18,21). The van der Waals surface area contributed by atoms with Gasteiger partial charge in [-0.1, -0.05) is 0 Å². The van der Waals surface area contributed by atoms with E-state index in [0.717, 1.165) is 18.5 Å². The smallest absolute Gasteiger partial charge is 0.251 e. The molecule has 7 heteroatoms. The van der Waals surface area contributed by atoms with Crippen molar-refractivity contribution in [1.29, 1.82) is 0 Å². The van der Waals surface area contributed by atoms with E-state index in [1.165, 1.54) is 0 Å². The van der Waals surface area contributed by atoms with Gasteiger partial charge in [0.2, 0.25) is 5.91 Å². The molecule has 0 aliphatic carbocycles. The predicted octanol–water partition coefficient (Wildman–Crippen LogP) is 1.51. The Hall–Kier alpha value is -1.89. The zero-order valence-corrected chi connectivity index (χ0v) is 14.6. The zero-order chi connectivity index (χ0) is 17.4. The van der Waals surface area contributed by atoms with Crippen molar-refractivity contribution in [3.63, 3.8) is 0 Å². The van der Waals surface area contributed by atoms with Crippen molar-refractivity contribution in [2.24, 2.45) is 0 Å². The second-order valence-corrected chi connectivity index (χ2v) is 9.09. The van der Waals surface area contributed by atoms with Crippen LogP contribution in [0.3, 0.4) is 0 Å². The first kappa shape index (κ1) is 17.0. The van der Waals surface area contributed by atoms with Gasteiger partial charge < -0.3 is 10.2 Å². The molecule has 0 bridgehead atoms. The van der Waals surface area contributed by atoms with Gasteiger partial charge in [-0.25, -0.2) is 8.42 Å². The van der Waals surface area contributed by atoms with Crippen molar-refractivity contribution in [3.05, 3.63) is 29.8 Å². The van der Waals surface area contributed by atoms with Crippen LogP contribution in [0.25, 0.3) is 0 Å². The first-order valence-electron chi connectivity index (χ1n) is 8.21. The highest BCUT2D eigenvalue weighted by atomic mass is 32.2. The summed E-state index contributed by atoms with van der Waals surface area (Å²) in [4.78, 5) is 26.1. The lowest BCUT2D eigenvalue weighted by molar-refractivity contribution is -0.119. The van der Waals surface area contributed by atoms with Crippen LogP contribution < -0.4 is 10.2 Å². The van der Waals surface area contributed by atoms with E-state index in [1.54, 1.807) is 36.1 Å². The summed E-state index contributed by atoms with van der Waals surface area (Å²) < 4.78 is 23.3. The average molecular weight is 350 g/mol. The maximum absolute atomic E-state index is 12.4. The largest absolute Gasteiger partial charge is 0.346 e. The van der Waals surface area contributed by atoms with E-state index >= 15 is 0 Å². The molecule has 2 fully saturated rings. The number of hydrogen-bond acceptors (Lipinski definition) is 4. The number of rotatable bonds is 3. The van der Waals surface area contributed by atoms with Crippen LogP contribution in [0.4, 0.5) is 5.69 Å². The number of nitrogens with zero attached hydrogens (tertiary/aromatic N) is 1. The summed E-state index contributed by atoms with van der Waals surface area (Å²) in [5.41, 5.74) is 0.553. The fraction of sp³-hybridized carbons (Fsp3) is 0.529. The van der Waals surface area contributed by atoms with E-state index in [4.69, 9.17) is 0 Å². The van der Waals surface area contributed by atoms with Crippen molar-refractivity contribution in [2.75, 3.05) is 23.0 Å². The third-order valence-corrected chi connectivity index (χ3v) is 6.59. The number of hydrogen-bond donors (Lipinski definition) is 1. The molecule has 2 aliphatic heterocycles. The van der Waals surface area contributed by atoms with Crippen LogP contribution in [0.15, 0.2) is 24.3 Å². The number of carbonyl (C=O) groups excluding carboxylic acids is 2. The highest BCUT2D eigenvalue weighted by Gasteiger charge is 2.39. The lowest BCUT2D eigenvalue weighted by Gasteiger charge is -2.27. The minimum Gasteiger partial charge on any atom is -0.346 e. The number of nitrogens with one attached hydrogen (secondary N) is 1. The van der Waals surface area contributed by atoms with Gasteiger partial charge in [-0.3, -0.25) is 9.59 Å². The number of benzene rings is 1. The van der Waals surface area contributed by atoms with E-state index < -0.39 is 15.4 Å². The number of anilines is 1. The van der Waals surface area contributed by atoms with Crippen LogP contribution in [0.1, 0.15) is 43.0 Å². The molecule has 2 heterocycles. The van der Waals surface area contributed by atoms with E-state index in [0.29, 0.717) is 24.9 Å². The highest BCUT2D eigenvalue weighted by molar-refractivity contribution is 7.91. The molecule has 0 saturated carbocycles. The molecule has 3 rings (SSSR count). The minimum absolute atomic E-state index is 0.0217. The van der Waals surface area contributed by atoms with Crippen LogP contribution in [0.2, 0.25) is 0 Å². The maximum atomic E-state index is 12.4. The van der Waals surface area contributed by atoms with Crippen LogP contribution in [-0.4, -0.2) is 43.8 Å². The van der Waals surface area contributed by atoms with Crippen molar-refractivity contribution < 1.29 is 18.0 Å². The molecule has 1 N–H and O–H groups in total. The molecule has 0 radical (unpaired) electrons. The van der Waals surface area contributed by atoms with Gasteiger partial charge in [0, 0.05) is 24.2 Å². The van der Waals surface area contributed by atoms with Crippen LogP contribution in [0, 0.1) is 0 Å². The van der Waals surface area contributed by atoms with Crippen LogP contribution in [0.5, 0.6) is 0 Å². The second-order valence-electron chi connectivity index (χ2n) is 6.91. The zero-order valence-electron chi connectivity index (χ0n) is 13.7. The van der Waals surface area contributed by atoms with Crippen molar-refractivity contribution in [2.45, 2.75) is 38.1 Å². The summed E-state index contributed by atoms with van der Waals surface area (Å²) in [6, 6.07) is 6.90. The fourth-order valence-corrected chi connectivity index (χ4v) is 5.42. The summed E-state index contributed by atoms with van der Waals surface area (Å²) >= 11 is 0. The van der Waals surface area contributed by atoms with Gasteiger partial charge >= 0.3 is 0 Å². The Kier molecular flexibility index (Phi) is 4.38. The Labute approximate surface area is 142 Å². The van der Waals surface area contributed by atoms with Crippen LogP contribution in [-0.2, 0) is 14.6 Å². The highest BCUT2D eigenvalue weighted by Crippen LogP contribution is 2.24. The molecule has 1 aromatic rings. The van der Waals surface area contributed by atoms with Gasteiger partial charge in [-0.15, -0.1) is 0 Å². The molecule has 6 nitrogen and oxygen atoms in total. The molecule has 0 spiro atoms. The fourth-order valence-electron chi connectivity index (χ4n) is 3.33. The predicted molar refractivity (Wildman–Crippen MR) is 91.8 cm³/mol. The summed E-state index contributed by atoms with van der Waals surface area (Å²) in [5.74, 6) is -0.0837. The van der Waals surface area contributed by atoms with Gasteiger partial charge in [-0.2, -0.15) is 0 Å². The molecular weight excluding hydrogens is 328 g/mol. The summed E-state index contributed by atoms with van der Waals surface area (Å²) in [7, 11) is -3.07. The number of piperidine rings is 1. The lowest BCUT2D eigenvalue weighted by Crippen LogP contribution is -2.46. The first-order chi connectivity index (χ1) is 11.3. The maximum Gasteiger partial charge on any atom is 0.251 e. The van der Waals surface area contributed by atoms with E-state index in [-0.39, 0.29) is 23.3 Å². The Balaban J connectivity index is 1.69. The van der Waals surface area contributed by atoms with Gasteiger partial charge in [0.15, 0.2) is 9.84 Å². The third kappa shape index (κ3) is 3.61. The lowest BCUT2D eigenvalue weighted by atomic mass is 10.0. The summed E-state index contributed by atoms with van der Waals surface area (Å²) in [6.45, 7) is 2.47. The molecule has 0 aromatic heterocycles. The number of sulfone groups is 1. The van der Waals surface area contributed by atoms with Gasteiger partial charge in [0.1, 0.15) is 0 Å². The monoisotopic (exact) mass is 350 g/mol. The van der Waals surface area contributed by atoms with E-state index in [2.05, 4.69) is 5.32 Å². The molecule has 24 heavy (non-hydrogen) atoms. The van der Waals surface area contributed by atoms with Gasteiger partial charge in [0.25, 0.3) is 5.91 Å². The summed E-state index contributed by atoms with van der Waals surface area (Å²) in [6.07, 6.45) is 2.91. The minimum atomic E-state index is -3.07. The topological polar surface area (TPSA) is 83.6 Å². The SMILES string of the molecule is CC1(NC(=O)c2ccc(N3CCCCC3=O)cc2)CCS(=O)(=O)C1. The molecule has 2 saturated heterocycles. The van der Waals surface area contributed by atoms with E-state index in [1.807, 2.05) is 0 Å². The Morgan fingerprint density at radius 1 is 1.21 bits per heavy atom. The van der Waals surface area contributed by atoms with Crippen LogP contribution >= 0.6 is 0 Å². The third-order valence-electron chi connectivity index (χ3n) is 4.68. The van der Waals surface area contributed by atoms with Gasteiger partial charge in [-0.05, 0) is 50.5 Å². The Morgan fingerprint density at radius 2 is 1.92 bits per heavy atom. The average Bonchev–Trinajstić information content (AvgIpc) is 2.81. The first-order valence-corrected chi connectivity index (χ1v) is 10.0. The molecule has 1 unspecified atom stereocenters. The summed E-state index contributed by atoms with van der Waals surface area (Å²) in [5, 5.41) is 2.84. The second kappa shape index (κ2) is 6.20.